The molecule has 0 aliphatic carbocycles. The summed E-state index contributed by atoms with van der Waals surface area (Å²) in [4.78, 5) is 15.2. The number of anilines is 1. The second kappa shape index (κ2) is 12.5. The molecule has 0 aromatic heterocycles. The molecular formula is C29H28N4O. The number of nitrogens with two attached hydrogens (primary N) is 1. The van der Waals surface area contributed by atoms with Crippen LogP contribution in [0.25, 0.3) is 17.2 Å². The summed E-state index contributed by atoms with van der Waals surface area (Å²) in [5.41, 5.74) is 12.1. The van der Waals surface area contributed by atoms with Crippen LogP contribution < -0.4 is 11.1 Å². The lowest BCUT2D eigenvalue weighted by molar-refractivity contribution is -0.102. The summed E-state index contributed by atoms with van der Waals surface area (Å²) in [5.74, 6) is 0.0227. The SMILES string of the molecule is C\C=C/C=C(\C=C\c1cccc(CNc2ccc(-c3ccccc3)cc2N=CC=O)c1)C(=N)N. The van der Waals surface area contributed by atoms with Crippen LogP contribution in [0, 0.1) is 5.41 Å². The molecule has 0 fully saturated rings. The second-order valence-electron chi connectivity index (χ2n) is 7.51. The number of carbonyl (C=O) groups is 1. The quantitative estimate of drug-likeness (QED) is 0.147. The molecule has 0 atom stereocenters. The number of hydrogen-bond acceptors (Lipinski definition) is 4. The number of benzene rings is 3. The molecule has 0 bridgehead atoms. The van der Waals surface area contributed by atoms with Gasteiger partial charge >= 0.3 is 0 Å². The average molecular weight is 449 g/mol. The summed E-state index contributed by atoms with van der Waals surface area (Å²) >= 11 is 0. The fourth-order valence-electron chi connectivity index (χ4n) is 3.33. The zero-order valence-corrected chi connectivity index (χ0v) is 19.1. The third kappa shape index (κ3) is 7.00. The molecule has 3 rings (SSSR count). The Morgan fingerprint density at radius 3 is 2.59 bits per heavy atom. The van der Waals surface area contributed by atoms with E-state index in [9.17, 15) is 4.79 Å². The van der Waals surface area contributed by atoms with Crippen molar-refractivity contribution in [2.75, 3.05) is 5.32 Å². The standard InChI is InChI=1S/C29H28N4O/c1-2-3-10-25(29(30)31)14-13-22-8-7-9-23(19-22)21-33-27-16-15-26(20-28(27)32-17-18-34)24-11-5-4-6-12-24/h2-20,33H,21H2,1H3,(H3,30,31)/b3-2-,14-13+,25-10+,32-17?. The first-order valence-electron chi connectivity index (χ1n) is 11.0. The highest BCUT2D eigenvalue weighted by Crippen LogP contribution is 2.31. The topological polar surface area (TPSA) is 91.3 Å². The molecule has 0 unspecified atom stereocenters. The number of aliphatic imine (C=N–C) groups is 1. The third-order valence-corrected chi connectivity index (χ3v) is 5.05. The Balaban J connectivity index is 1.78. The number of hydrogen-bond donors (Lipinski definition) is 3. The molecule has 0 radical (unpaired) electrons. The number of nitrogens with one attached hydrogen (secondary N) is 2. The number of nitrogens with zero attached hydrogens (tertiary/aromatic N) is 1. The molecule has 0 aliphatic heterocycles. The largest absolute Gasteiger partial charge is 0.384 e. The van der Waals surface area contributed by atoms with Gasteiger partial charge in [0.25, 0.3) is 0 Å². The smallest absolute Gasteiger partial charge is 0.161 e. The Morgan fingerprint density at radius 1 is 1.03 bits per heavy atom. The van der Waals surface area contributed by atoms with Gasteiger partial charge in [-0.1, -0.05) is 85.0 Å². The van der Waals surface area contributed by atoms with E-state index in [2.05, 4.69) is 16.4 Å². The molecule has 3 aromatic rings. The third-order valence-electron chi connectivity index (χ3n) is 5.05. The predicted molar refractivity (Wildman–Crippen MR) is 144 cm³/mol. The molecule has 5 nitrogen and oxygen atoms in total. The van der Waals surface area contributed by atoms with E-state index in [4.69, 9.17) is 11.1 Å². The van der Waals surface area contributed by atoms with E-state index in [1.165, 1.54) is 6.21 Å². The monoisotopic (exact) mass is 448 g/mol. The van der Waals surface area contributed by atoms with Crippen molar-refractivity contribution in [2.24, 2.45) is 10.7 Å². The van der Waals surface area contributed by atoms with Crippen LogP contribution in [0.15, 0.2) is 108 Å². The van der Waals surface area contributed by atoms with Gasteiger partial charge < -0.3 is 11.1 Å². The maximum Gasteiger partial charge on any atom is 0.161 e. The number of allylic oxidation sites excluding steroid dienone is 3. The van der Waals surface area contributed by atoms with Crippen LogP contribution in [0.3, 0.4) is 0 Å². The maximum absolute atomic E-state index is 10.9. The van der Waals surface area contributed by atoms with E-state index >= 15 is 0 Å². The lowest BCUT2D eigenvalue weighted by atomic mass is 10.0. The van der Waals surface area contributed by atoms with Gasteiger partial charge in [0.15, 0.2) is 6.29 Å². The van der Waals surface area contributed by atoms with Gasteiger partial charge in [0.05, 0.1) is 17.6 Å². The van der Waals surface area contributed by atoms with E-state index in [1.54, 1.807) is 0 Å². The van der Waals surface area contributed by atoms with Crippen molar-refractivity contribution in [3.8, 4) is 11.1 Å². The van der Waals surface area contributed by atoms with Gasteiger partial charge in [0.2, 0.25) is 0 Å². The predicted octanol–water partition coefficient (Wildman–Crippen LogP) is 6.32. The highest BCUT2D eigenvalue weighted by molar-refractivity contribution is 6.14. The molecule has 0 spiro atoms. The molecule has 0 amide bonds. The van der Waals surface area contributed by atoms with Crippen molar-refractivity contribution in [2.45, 2.75) is 13.5 Å². The van der Waals surface area contributed by atoms with E-state index < -0.39 is 0 Å². The summed E-state index contributed by atoms with van der Waals surface area (Å²) < 4.78 is 0. The van der Waals surface area contributed by atoms with Gasteiger partial charge in [-0.25, -0.2) is 0 Å². The highest BCUT2D eigenvalue weighted by Gasteiger charge is 2.05. The maximum atomic E-state index is 10.9. The van der Waals surface area contributed by atoms with E-state index in [1.807, 2.05) is 104 Å². The van der Waals surface area contributed by atoms with Crippen LogP contribution in [-0.2, 0) is 11.3 Å². The number of amidine groups is 1. The van der Waals surface area contributed by atoms with E-state index in [0.29, 0.717) is 24.1 Å². The van der Waals surface area contributed by atoms with Gasteiger partial charge in [-0.2, -0.15) is 0 Å². The molecular weight excluding hydrogens is 420 g/mol. The molecule has 3 aromatic carbocycles. The molecule has 4 N–H and O–H groups in total. The first-order chi connectivity index (χ1) is 16.6. The Hall–Kier alpha value is -4.51. The zero-order chi connectivity index (χ0) is 24.2. The van der Waals surface area contributed by atoms with Gasteiger partial charge in [0.1, 0.15) is 5.84 Å². The van der Waals surface area contributed by atoms with E-state index in [-0.39, 0.29) is 5.84 Å². The van der Waals surface area contributed by atoms with Crippen LogP contribution in [0.4, 0.5) is 11.4 Å². The molecule has 34 heavy (non-hydrogen) atoms. The summed E-state index contributed by atoms with van der Waals surface area (Å²) in [6, 6.07) is 24.1. The van der Waals surface area contributed by atoms with Crippen molar-refractivity contribution in [3.05, 3.63) is 114 Å². The van der Waals surface area contributed by atoms with Crippen molar-refractivity contribution < 1.29 is 4.79 Å². The first-order valence-corrected chi connectivity index (χ1v) is 11.0. The molecule has 0 saturated heterocycles. The van der Waals surface area contributed by atoms with Crippen molar-refractivity contribution in [1.82, 2.24) is 0 Å². The lowest BCUT2D eigenvalue weighted by Gasteiger charge is -2.12. The first kappa shape index (κ1) is 24.1. The summed E-state index contributed by atoms with van der Waals surface area (Å²) in [6.45, 7) is 2.50. The van der Waals surface area contributed by atoms with Crippen LogP contribution >= 0.6 is 0 Å². The van der Waals surface area contributed by atoms with Crippen molar-refractivity contribution in [3.63, 3.8) is 0 Å². The van der Waals surface area contributed by atoms with Gasteiger partial charge in [-0.05, 0) is 47.4 Å². The fraction of sp³-hybridized carbons (Fsp3) is 0.0690. The Labute approximate surface area is 200 Å². The van der Waals surface area contributed by atoms with Crippen LogP contribution in [-0.4, -0.2) is 18.3 Å². The number of aldehydes is 1. The van der Waals surface area contributed by atoms with Gasteiger partial charge in [-0.15, -0.1) is 0 Å². The minimum atomic E-state index is 0.0227. The van der Waals surface area contributed by atoms with Crippen LogP contribution in [0.2, 0.25) is 0 Å². The van der Waals surface area contributed by atoms with Gasteiger partial charge in [-0.3, -0.25) is 15.2 Å². The molecule has 0 heterocycles. The Bertz CT molecular complexity index is 1250. The summed E-state index contributed by atoms with van der Waals surface area (Å²) in [6.07, 6.45) is 11.3. The second-order valence-corrected chi connectivity index (χ2v) is 7.51. The molecule has 0 aliphatic rings. The summed E-state index contributed by atoms with van der Waals surface area (Å²) in [7, 11) is 0. The van der Waals surface area contributed by atoms with Crippen LogP contribution in [0.5, 0.6) is 0 Å². The Kier molecular flexibility index (Phi) is 8.88. The molecule has 0 saturated carbocycles. The minimum absolute atomic E-state index is 0.0227. The zero-order valence-electron chi connectivity index (χ0n) is 19.1. The van der Waals surface area contributed by atoms with E-state index in [0.717, 1.165) is 27.9 Å². The van der Waals surface area contributed by atoms with Crippen LogP contribution in [0.1, 0.15) is 18.1 Å². The lowest BCUT2D eigenvalue weighted by Crippen LogP contribution is -2.11. The fourth-order valence-corrected chi connectivity index (χ4v) is 3.33. The molecule has 170 valence electrons. The minimum Gasteiger partial charge on any atom is -0.384 e. The number of carbonyl (C=O) groups excluding carboxylic acids is 1. The number of rotatable bonds is 10. The molecule has 5 heteroatoms. The van der Waals surface area contributed by atoms with Crippen molar-refractivity contribution >= 4 is 35.8 Å². The van der Waals surface area contributed by atoms with Gasteiger partial charge in [0, 0.05) is 12.1 Å². The average Bonchev–Trinajstić information content (AvgIpc) is 2.87. The Morgan fingerprint density at radius 2 is 1.85 bits per heavy atom. The normalized spacial score (nSPS) is 12.0. The highest BCUT2D eigenvalue weighted by atomic mass is 16.1. The van der Waals surface area contributed by atoms with Crippen molar-refractivity contribution in [1.29, 1.82) is 5.41 Å². The summed E-state index contributed by atoms with van der Waals surface area (Å²) in [5, 5.41) is 11.1.